The van der Waals surface area contributed by atoms with Crippen molar-refractivity contribution in [3.63, 3.8) is 0 Å². The fourth-order valence-corrected chi connectivity index (χ4v) is 0.887. The summed E-state index contributed by atoms with van der Waals surface area (Å²) in [6, 6.07) is 6.46. The molecule has 0 aromatic heterocycles. The number of carbonyl (C=O) groups is 1. The van der Waals surface area contributed by atoms with Gasteiger partial charge in [0.2, 0.25) is 0 Å². The fraction of sp³-hybridized carbons (Fsp3) is 0.222. The van der Waals surface area contributed by atoms with Crippen molar-refractivity contribution in [3.8, 4) is 11.5 Å². The first-order valence-corrected chi connectivity index (χ1v) is 3.85. The molecule has 0 saturated heterocycles. The molecule has 1 rings (SSSR count). The molecule has 0 amide bonds. The number of hydrogen-bond donors (Lipinski definition) is 2. The number of aliphatic hydroxyl groups excluding tert-OH is 1. The SMILES string of the molecule is COc1ccccc1OC(O)C(=O)O.Cl. The Hall–Kier alpha value is -1.46. The molecule has 2 N–H and O–H groups in total. The van der Waals surface area contributed by atoms with Crippen molar-refractivity contribution in [2.24, 2.45) is 0 Å². The van der Waals surface area contributed by atoms with Crippen LogP contribution in [0.5, 0.6) is 11.5 Å². The maximum atomic E-state index is 10.3. The zero-order valence-corrected chi connectivity index (χ0v) is 8.73. The Kier molecular flexibility index (Phi) is 5.51. The smallest absolute Gasteiger partial charge is 0.373 e. The van der Waals surface area contributed by atoms with Gasteiger partial charge < -0.3 is 19.7 Å². The average molecular weight is 235 g/mol. The Morgan fingerprint density at radius 3 is 2.33 bits per heavy atom. The van der Waals surface area contributed by atoms with Crippen molar-refractivity contribution < 1.29 is 24.5 Å². The quantitative estimate of drug-likeness (QED) is 0.757. The second-order valence-corrected chi connectivity index (χ2v) is 2.46. The molecule has 1 unspecified atom stereocenters. The third-order valence-corrected chi connectivity index (χ3v) is 1.52. The zero-order chi connectivity index (χ0) is 10.6. The summed E-state index contributed by atoms with van der Waals surface area (Å²) in [5.74, 6) is -0.895. The third-order valence-electron chi connectivity index (χ3n) is 1.52. The lowest BCUT2D eigenvalue weighted by atomic mass is 10.3. The lowest BCUT2D eigenvalue weighted by Crippen LogP contribution is -2.26. The van der Waals surface area contributed by atoms with E-state index < -0.39 is 12.3 Å². The van der Waals surface area contributed by atoms with Gasteiger partial charge in [-0.15, -0.1) is 12.4 Å². The molecule has 0 bridgehead atoms. The Balaban J connectivity index is 0.00000196. The number of ether oxygens (including phenoxy) is 2. The van der Waals surface area contributed by atoms with Crippen LogP contribution in [0, 0.1) is 0 Å². The molecular weight excluding hydrogens is 224 g/mol. The van der Waals surface area contributed by atoms with Gasteiger partial charge >= 0.3 is 5.97 Å². The van der Waals surface area contributed by atoms with E-state index in [1.807, 2.05) is 0 Å². The normalized spacial score (nSPS) is 11.1. The molecule has 0 spiro atoms. The number of benzene rings is 1. The van der Waals surface area contributed by atoms with E-state index in [1.54, 1.807) is 18.2 Å². The lowest BCUT2D eigenvalue weighted by Gasteiger charge is -2.11. The van der Waals surface area contributed by atoms with Crippen molar-refractivity contribution >= 4 is 18.4 Å². The van der Waals surface area contributed by atoms with Gasteiger partial charge in [0.25, 0.3) is 6.29 Å². The van der Waals surface area contributed by atoms with Crippen molar-refractivity contribution in [2.45, 2.75) is 6.29 Å². The molecule has 84 valence electrons. The lowest BCUT2D eigenvalue weighted by molar-refractivity contribution is -0.162. The number of para-hydroxylation sites is 2. The summed E-state index contributed by atoms with van der Waals surface area (Å²) in [5.41, 5.74) is 0. The van der Waals surface area contributed by atoms with Crippen molar-refractivity contribution in [1.29, 1.82) is 0 Å². The van der Waals surface area contributed by atoms with Crippen LogP contribution in [0.2, 0.25) is 0 Å². The summed E-state index contributed by atoms with van der Waals surface area (Å²) in [6.45, 7) is 0. The molecule has 1 aromatic carbocycles. The Bertz CT molecular complexity index is 328. The number of rotatable bonds is 4. The molecule has 6 heteroatoms. The third kappa shape index (κ3) is 3.65. The molecule has 1 aromatic rings. The number of carboxylic acids is 1. The first-order valence-electron chi connectivity index (χ1n) is 3.85. The highest BCUT2D eigenvalue weighted by atomic mass is 35.5. The number of aliphatic carboxylic acids is 1. The van der Waals surface area contributed by atoms with Gasteiger partial charge in [0, 0.05) is 0 Å². The molecule has 0 aliphatic carbocycles. The van der Waals surface area contributed by atoms with Crippen molar-refractivity contribution in [2.75, 3.05) is 7.11 Å². The van der Waals surface area contributed by atoms with Crippen LogP contribution in [-0.4, -0.2) is 29.6 Å². The van der Waals surface area contributed by atoms with Gasteiger partial charge in [0.1, 0.15) is 0 Å². The van der Waals surface area contributed by atoms with Gasteiger partial charge in [-0.3, -0.25) is 0 Å². The molecule has 5 nitrogen and oxygen atoms in total. The maximum Gasteiger partial charge on any atom is 0.373 e. The molecule has 0 heterocycles. The topological polar surface area (TPSA) is 76.0 Å². The second kappa shape index (κ2) is 6.10. The van der Waals surface area contributed by atoms with E-state index in [4.69, 9.17) is 19.7 Å². The van der Waals surface area contributed by atoms with Crippen LogP contribution in [0.3, 0.4) is 0 Å². The number of halogens is 1. The van der Waals surface area contributed by atoms with Crippen LogP contribution in [0.25, 0.3) is 0 Å². The Morgan fingerprint density at radius 2 is 1.87 bits per heavy atom. The van der Waals surface area contributed by atoms with E-state index in [1.165, 1.54) is 13.2 Å². The largest absolute Gasteiger partial charge is 0.493 e. The molecule has 0 fully saturated rings. The molecule has 0 saturated carbocycles. The first-order chi connectivity index (χ1) is 6.65. The fourth-order valence-electron chi connectivity index (χ4n) is 0.887. The van der Waals surface area contributed by atoms with Gasteiger partial charge in [-0.2, -0.15) is 0 Å². The highest BCUT2D eigenvalue weighted by Gasteiger charge is 2.16. The molecule has 0 radical (unpaired) electrons. The number of aliphatic hydroxyl groups is 1. The monoisotopic (exact) mass is 234 g/mol. The number of hydrogen-bond acceptors (Lipinski definition) is 4. The Morgan fingerprint density at radius 1 is 1.33 bits per heavy atom. The highest BCUT2D eigenvalue weighted by Crippen LogP contribution is 2.26. The average Bonchev–Trinajstić information content (AvgIpc) is 2.18. The van der Waals surface area contributed by atoms with Gasteiger partial charge in [-0.1, -0.05) is 12.1 Å². The number of carboxylic acid groups (broad SMARTS) is 1. The molecular formula is C9H11ClO5. The van der Waals surface area contributed by atoms with Gasteiger partial charge in [-0.25, -0.2) is 4.79 Å². The highest BCUT2D eigenvalue weighted by molar-refractivity contribution is 5.85. The van der Waals surface area contributed by atoms with Crippen LogP contribution >= 0.6 is 12.4 Å². The van der Waals surface area contributed by atoms with E-state index in [2.05, 4.69) is 0 Å². The summed E-state index contributed by atoms with van der Waals surface area (Å²) in [4.78, 5) is 10.3. The maximum absolute atomic E-state index is 10.3. The summed E-state index contributed by atoms with van der Waals surface area (Å²) in [7, 11) is 1.43. The minimum atomic E-state index is -1.88. The van der Waals surface area contributed by atoms with Gasteiger partial charge in [0.05, 0.1) is 7.11 Å². The van der Waals surface area contributed by atoms with E-state index in [0.717, 1.165) is 0 Å². The minimum Gasteiger partial charge on any atom is -0.493 e. The summed E-state index contributed by atoms with van der Waals surface area (Å²) < 4.78 is 9.63. The van der Waals surface area contributed by atoms with Gasteiger partial charge in [0.15, 0.2) is 11.5 Å². The minimum absolute atomic E-state index is 0. The van der Waals surface area contributed by atoms with Crippen molar-refractivity contribution in [1.82, 2.24) is 0 Å². The van der Waals surface area contributed by atoms with E-state index in [9.17, 15) is 4.79 Å². The van der Waals surface area contributed by atoms with E-state index >= 15 is 0 Å². The summed E-state index contributed by atoms with van der Waals surface area (Å²) in [6.07, 6.45) is -1.88. The molecule has 0 aliphatic rings. The molecule has 15 heavy (non-hydrogen) atoms. The second-order valence-electron chi connectivity index (χ2n) is 2.46. The van der Waals surface area contributed by atoms with Gasteiger partial charge in [-0.05, 0) is 12.1 Å². The summed E-state index contributed by atoms with van der Waals surface area (Å²) >= 11 is 0. The summed E-state index contributed by atoms with van der Waals surface area (Å²) in [5, 5.41) is 17.3. The van der Waals surface area contributed by atoms with E-state index in [0.29, 0.717) is 5.75 Å². The standard InChI is InChI=1S/C9H10O5.ClH/c1-13-6-4-2-3-5-7(6)14-9(12)8(10)11;/h2-5,9,12H,1H3,(H,10,11);1H. The molecule has 0 aliphatic heterocycles. The predicted octanol–water partition coefficient (Wildman–Crippen LogP) is 0.899. The zero-order valence-electron chi connectivity index (χ0n) is 7.91. The van der Waals surface area contributed by atoms with Crippen LogP contribution in [-0.2, 0) is 4.79 Å². The van der Waals surface area contributed by atoms with Crippen LogP contribution < -0.4 is 9.47 Å². The van der Waals surface area contributed by atoms with Crippen LogP contribution in [0.15, 0.2) is 24.3 Å². The Labute approximate surface area is 92.7 Å². The number of methoxy groups -OCH3 is 1. The van der Waals surface area contributed by atoms with Crippen LogP contribution in [0.4, 0.5) is 0 Å². The predicted molar refractivity (Wildman–Crippen MR) is 54.5 cm³/mol. The van der Waals surface area contributed by atoms with Crippen molar-refractivity contribution in [3.05, 3.63) is 24.3 Å². The molecule has 1 atom stereocenters. The van der Waals surface area contributed by atoms with E-state index in [-0.39, 0.29) is 18.2 Å². The van der Waals surface area contributed by atoms with Crippen LogP contribution in [0.1, 0.15) is 0 Å². The first kappa shape index (κ1) is 13.5.